The summed E-state index contributed by atoms with van der Waals surface area (Å²) in [5.41, 5.74) is 0. The summed E-state index contributed by atoms with van der Waals surface area (Å²) in [6.45, 7) is 0. The van der Waals surface area contributed by atoms with E-state index in [2.05, 4.69) is 0 Å². The molecule has 8 heteroatoms. The van der Waals surface area contributed by atoms with Crippen LogP contribution in [0.2, 0.25) is 0 Å². The average Bonchev–Trinajstić information content (AvgIpc) is 0.722. The van der Waals surface area contributed by atoms with Gasteiger partial charge in [0.05, 0.1) is 0 Å². The van der Waals surface area contributed by atoms with E-state index in [9.17, 15) is 0 Å². The van der Waals surface area contributed by atoms with Gasteiger partial charge in [0, 0.05) is 0 Å². The molecule has 0 saturated heterocycles. The largest absolute Gasteiger partial charge is 3.00 e. The summed E-state index contributed by atoms with van der Waals surface area (Å²) in [6, 6.07) is 0. The van der Waals surface area contributed by atoms with Crippen LogP contribution < -0.4 is 19.2 Å². The summed E-state index contributed by atoms with van der Waals surface area (Å²) in [4.78, 5) is 34.3. The van der Waals surface area contributed by atoms with Gasteiger partial charge in [-0.3, -0.25) is 0 Å². The molecule has 0 spiro atoms. The zero-order valence-corrected chi connectivity index (χ0v) is 8.44. The van der Waals surface area contributed by atoms with Crippen LogP contribution in [0, 0.1) is 0 Å². The minimum atomic E-state index is -5.61. The molecular weight excluding hydrogens is 199 g/mol. The molecule has 0 aliphatic carbocycles. The number of hydrogen-bond donors (Lipinski definition) is 0. The van der Waals surface area contributed by atoms with Crippen molar-refractivity contribution < 1.29 is 36.3 Å². The van der Waals surface area contributed by atoms with Gasteiger partial charge in [0.25, 0.3) is 0 Å². The van der Waals surface area contributed by atoms with E-state index in [-0.39, 0.29) is 57.5 Å². The van der Waals surface area contributed by atoms with E-state index in [1.807, 2.05) is 0 Å². The molecule has 0 radical (unpaired) electrons. The molecule has 0 atom stereocenters. The Morgan fingerprint density at radius 2 is 0.875 bits per heavy atom. The molecule has 0 fully saturated rings. The molecule has 0 N–H and O–H groups in total. The predicted molar refractivity (Wildman–Crippen MR) is 17.3 cm³/mol. The van der Waals surface area contributed by atoms with Gasteiger partial charge in [0.15, 0.2) is 0 Å². The van der Waals surface area contributed by atoms with Crippen LogP contribution in [0.25, 0.3) is 0 Å². The number of hydrogen-bond acceptors (Lipinski definition) is 4. The molecule has 0 unspecified atom stereocenters. The normalized spacial score (nSPS) is 7.50. The van der Waals surface area contributed by atoms with E-state index in [1.54, 1.807) is 0 Å². The molecule has 0 aliphatic rings. The third kappa shape index (κ3) is 106. The van der Waals surface area contributed by atoms with E-state index in [4.69, 9.17) is 19.2 Å². The van der Waals surface area contributed by atoms with Gasteiger partial charge in [-0.15, -0.1) is 0 Å². The second-order valence-electron chi connectivity index (χ2n) is 0.500. The standard InChI is InChI=1S/Al.Fe.Mg.O4Si/c;;;1-5(2,3)4/q+3;2*+2;-4. The molecule has 0 bridgehead atoms. The monoisotopic (exact) mass is 199 g/mol. The fraction of sp³-hybridized carbons (Fsp3) is 0. The zero-order chi connectivity index (χ0) is 4.50. The van der Waals surface area contributed by atoms with Crippen LogP contribution in [0.3, 0.4) is 0 Å². The summed E-state index contributed by atoms with van der Waals surface area (Å²) in [5.74, 6) is 0. The van der Waals surface area contributed by atoms with Crippen molar-refractivity contribution in [1.82, 2.24) is 0 Å². The van der Waals surface area contributed by atoms with E-state index in [0.29, 0.717) is 0 Å². The van der Waals surface area contributed by atoms with Crippen molar-refractivity contribution in [3.05, 3.63) is 0 Å². The van der Waals surface area contributed by atoms with Crippen LogP contribution >= 0.6 is 0 Å². The van der Waals surface area contributed by atoms with Gasteiger partial charge in [-0.1, -0.05) is 0 Å². The van der Waals surface area contributed by atoms with Crippen molar-refractivity contribution in [3.8, 4) is 0 Å². The van der Waals surface area contributed by atoms with Crippen molar-refractivity contribution in [3.63, 3.8) is 0 Å². The smallest absolute Gasteiger partial charge is 0.894 e. The van der Waals surface area contributed by atoms with Gasteiger partial charge in [0.1, 0.15) is 0 Å². The van der Waals surface area contributed by atoms with E-state index >= 15 is 0 Å². The van der Waals surface area contributed by atoms with Gasteiger partial charge >= 0.3 is 57.5 Å². The Balaban J connectivity index is -0.0000000267. The Hall–Kier alpha value is 1.88. The zero-order valence-electron chi connectivity index (χ0n) is 3.77. The van der Waals surface area contributed by atoms with E-state index < -0.39 is 9.05 Å². The van der Waals surface area contributed by atoms with Gasteiger partial charge in [0.2, 0.25) is 0 Å². The molecule has 0 aromatic heterocycles. The molecular formula is AlFeMgO4Si+3. The molecule has 0 heterocycles. The summed E-state index contributed by atoms with van der Waals surface area (Å²) in [7, 11) is -5.61. The minimum Gasteiger partial charge on any atom is -0.894 e. The molecule has 0 aliphatic heterocycles. The van der Waals surface area contributed by atoms with Crippen LogP contribution in [0.15, 0.2) is 0 Å². The third-order valence-electron chi connectivity index (χ3n) is 0. The molecule has 4 nitrogen and oxygen atoms in total. The summed E-state index contributed by atoms with van der Waals surface area (Å²) < 4.78 is 0. The Labute approximate surface area is 85.2 Å². The molecule has 38 valence electrons. The SMILES string of the molecule is [Al+3].[Fe+2].[Mg+2].[O-][Si]([O-])([O-])[O-]. The van der Waals surface area contributed by atoms with E-state index in [0.717, 1.165) is 0 Å². The summed E-state index contributed by atoms with van der Waals surface area (Å²) in [6.07, 6.45) is 0. The second kappa shape index (κ2) is 8.88. The topological polar surface area (TPSA) is 92.2 Å². The number of rotatable bonds is 0. The quantitative estimate of drug-likeness (QED) is 0.363. The minimum absolute atomic E-state index is 0. The van der Waals surface area contributed by atoms with Crippen molar-refractivity contribution in [2.24, 2.45) is 0 Å². The maximum Gasteiger partial charge on any atom is 3.00 e. The third-order valence-corrected chi connectivity index (χ3v) is 0. The van der Waals surface area contributed by atoms with E-state index in [1.165, 1.54) is 0 Å². The van der Waals surface area contributed by atoms with Gasteiger partial charge in [-0.2, -0.15) is 0 Å². The van der Waals surface area contributed by atoms with Crippen molar-refractivity contribution in [2.45, 2.75) is 0 Å². The van der Waals surface area contributed by atoms with Crippen LogP contribution in [0.4, 0.5) is 0 Å². The molecule has 0 aromatic rings. The predicted octanol–water partition coefficient (Wildman–Crippen LogP) is -5.90. The molecule has 0 amide bonds. The van der Waals surface area contributed by atoms with Gasteiger partial charge in [-0.05, 0) is 0 Å². The summed E-state index contributed by atoms with van der Waals surface area (Å²) in [5, 5.41) is 0. The Bertz CT molecular complexity index is 31.5. The first-order chi connectivity index (χ1) is 2.00. The first kappa shape index (κ1) is 22.5. The van der Waals surface area contributed by atoms with Crippen molar-refractivity contribution in [2.75, 3.05) is 0 Å². The van der Waals surface area contributed by atoms with Crippen LogP contribution in [0.1, 0.15) is 0 Å². The molecule has 8 heavy (non-hydrogen) atoms. The van der Waals surface area contributed by atoms with Crippen molar-refractivity contribution in [1.29, 1.82) is 0 Å². The Kier molecular flexibility index (Phi) is 25.0. The Morgan fingerprint density at radius 1 is 0.875 bits per heavy atom. The first-order valence-corrected chi connectivity index (χ1v) is 2.45. The van der Waals surface area contributed by atoms with Crippen LogP contribution in [0.5, 0.6) is 0 Å². The molecule has 0 rings (SSSR count). The van der Waals surface area contributed by atoms with Gasteiger partial charge in [-0.25, -0.2) is 0 Å². The average molecular weight is 199 g/mol. The summed E-state index contributed by atoms with van der Waals surface area (Å²) >= 11 is 0. The van der Waals surface area contributed by atoms with Gasteiger partial charge < -0.3 is 28.2 Å². The van der Waals surface area contributed by atoms with Crippen molar-refractivity contribution >= 4 is 49.5 Å². The fourth-order valence-electron chi connectivity index (χ4n) is 0. The fourth-order valence-corrected chi connectivity index (χ4v) is 0. The Morgan fingerprint density at radius 3 is 0.875 bits per heavy atom. The maximum atomic E-state index is 8.58. The molecule has 0 aromatic carbocycles. The first-order valence-electron chi connectivity index (χ1n) is 0.816. The molecule has 0 saturated carbocycles. The van der Waals surface area contributed by atoms with Crippen LogP contribution in [-0.2, 0) is 17.1 Å². The van der Waals surface area contributed by atoms with Crippen LogP contribution in [-0.4, -0.2) is 49.5 Å². The maximum absolute atomic E-state index is 8.58. The second-order valence-corrected chi connectivity index (χ2v) is 1.50.